The topological polar surface area (TPSA) is 72.6 Å². The lowest BCUT2D eigenvalue weighted by Gasteiger charge is -2.39. The summed E-state index contributed by atoms with van der Waals surface area (Å²) in [4.78, 5) is 26.6. The van der Waals surface area contributed by atoms with Gasteiger partial charge in [-0.25, -0.2) is 4.79 Å². The lowest BCUT2D eigenvalue weighted by Crippen LogP contribution is -2.39. The maximum Gasteiger partial charge on any atom is 0.338 e. The van der Waals surface area contributed by atoms with Gasteiger partial charge in [0.2, 0.25) is 0 Å². The number of esters is 1. The van der Waals surface area contributed by atoms with Crippen molar-refractivity contribution in [2.75, 3.05) is 18.9 Å². The second kappa shape index (κ2) is 6.20. The monoisotopic (exact) mass is 364 g/mol. The summed E-state index contributed by atoms with van der Waals surface area (Å²) in [5, 5.41) is 0.382. The number of nitrogens with zero attached hydrogens (tertiary/aromatic N) is 1. The maximum atomic E-state index is 12.6. The van der Waals surface area contributed by atoms with E-state index in [4.69, 9.17) is 22.1 Å². The van der Waals surface area contributed by atoms with E-state index in [1.165, 1.54) is 12.1 Å². The van der Waals surface area contributed by atoms with Gasteiger partial charge in [0.25, 0.3) is 5.91 Å². The van der Waals surface area contributed by atoms with Crippen LogP contribution in [0.15, 0.2) is 18.2 Å². The lowest BCUT2D eigenvalue weighted by atomic mass is 9.65. The minimum absolute atomic E-state index is 0.123. The van der Waals surface area contributed by atoms with Gasteiger partial charge < -0.3 is 15.4 Å². The molecule has 25 heavy (non-hydrogen) atoms. The normalized spacial score (nSPS) is 27.2. The Balaban J connectivity index is 1.61. The highest BCUT2D eigenvalue weighted by atomic mass is 35.5. The third-order valence-electron chi connectivity index (χ3n) is 5.29. The van der Waals surface area contributed by atoms with Crippen LogP contribution in [-0.2, 0) is 9.53 Å². The lowest BCUT2D eigenvalue weighted by molar-refractivity contribution is -0.135. The Kier molecular flexibility index (Phi) is 4.48. The molecule has 5 nitrogen and oxygen atoms in total. The summed E-state index contributed by atoms with van der Waals surface area (Å²) in [6, 6.07) is 4.78. The number of hydrogen-bond donors (Lipinski definition) is 1. The Morgan fingerprint density at radius 2 is 2.04 bits per heavy atom. The fourth-order valence-electron chi connectivity index (χ4n) is 4.72. The number of nitrogen functional groups attached to an aromatic ring is 1. The van der Waals surface area contributed by atoms with Gasteiger partial charge >= 0.3 is 5.97 Å². The molecule has 0 radical (unpaired) electrons. The molecule has 1 heterocycles. The molecule has 6 heteroatoms. The van der Waals surface area contributed by atoms with Crippen LogP contribution in [-0.4, -0.2) is 36.0 Å². The fraction of sp³-hybridized carbons (Fsp3) is 0.579. The number of fused-ring (bicyclic) bond motifs is 2. The van der Waals surface area contributed by atoms with Gasteiger partial charge in [0.05, 0.1) is 16.3 Å². The SMILES string of the molecule is CC1(C)C[C@H]2C[C@@](C)(CN2C(=O)COC(=O)c2ccc(Cl)c(N)c2)C1. The van der Waals surface area contributed by atoms with Crippen LogP contribution >= 0.6 is 11.6 Å². The second-order valence-electron chi connectivity index (χ2n) is 8.55. The van der Waals surface area contributed by atoms with Crippen LogP contribution in [0.1, 0.15) is 50.4 Å². The van der Waals surface area contributed by atoms with Gasteiger partial charge in [-0.15, -0.1) is 0 Å². The second-order valence-corrected chi connectivity index (χ2v) is 8.95. The van der Waals surface area contributed by atoms with E-state index in [1.54, 1.807) is 6.07 Å². The highest BCUT2D eigenvalue weighted by molar-refractivity contribution is 6.33. The number of benzene rings is 1. The first-order chi connectivity index (χ1) is 11.6. The van der Waals surface area contributed by atoms with Crippen molar-refractivity contribution in [3.63, 3.8) is 0 Å². The van der Waals surface area contributed by atoms with Gasteiger partial charge in [0.15, 0.2) is 6.61 Å². The van der Waals surface area contributed by atoms with E-state index < -0.39 is 5.97 Å². The number of carbonyl (C=O) groups is 2. The molecular weight excluding hydrogens is 340 g/mol. The average Bonchev–Trinajstić information content (AvgIpc) is 2.76. The highest BCUT2D eigenvalue weighted by Crippen LogP contribution is 2.52. The van der Waals surface area contributed by atoms with Gasteiger partial charge in [0.1, 0.15) is 0 Å². The minimum atomic E-state index is -0.564. The molecule has 2 atom stereocenters. The highest BCUT2D eigenvalue weighted by Gasteiger charge is 2.50. The molecule has 0 aromatic heterocycles. The minimum Gasteiger partial charge on any atom is -0.452 e. The third kappa shape index (κ3) is 3.76. The number of amides is 1. The number of nitrogens with two attached hydrogens (primary N) is 1. The maximum absolute atomic E-state index is 12.6. The standard InChI is InChI=1S/C19H25ClN2O3/c1-18(2)7-13-8-19(3,10-18)11-22(13)16(23)9-25-17(24)12-4-5-14(20)15(21)6-12/h4-6,13H,7-11,21H2,1-3H3/t13-,19+/m0/s1. The Morgan fingerprint density at radius 3 is 2.72 bits per heavy atom. The number of carbonyl (C=O) groups excluding carboxylic acids is 2. The molecule has 1 saturated heterocycles. The molecule has 1 aliphatic carbocycles. The van der Waals surface area contributed by atoms with Crippen molar-refractivity contribution >= 4 is 29.2 Å². The van der Waals surface area contributed by atoms with Crippen LogP contribution < -0.4 is 5.73 Å². The molecule has 1 saturated carbocycles. The predicted molar refractivity (Wildman–Crippen MR) is 97.4 cm³/mol. The first-order valence-electron chi connectivity index (χ1n) is 8.60. The first kappa shape index (κ1) is 18.1. The average molecular weight is 365 g/mol. The van der Waals surface area contributed by atoms with Crippen LogP contribution in [0.2, 0.25) is 5.02 Å². The van der Waals surface area contributed by atoms with Crippen molar-refractivity contribution in [2.24, 2.45) is 10.8 Å². The van der Waals surface area contributed by atoms with E-state index in [0.717, 1.165) is 25.8 Å². The number of anilines is 1. The Morgan fingerprint density at radius 1 is 1.32 bits per heavy atom. The van der Waals surface area contributed by atoms with Crippen molar-refractivity contribution < 1.29 is 14.3 Å². The van der Waals surface area contributed by atoms with Crippen molar-refractivity contribution in [3.8, 4) is 0 Å². The predicted octanol–water partition coefficient (Wildman–Crippen LogP) is 3.51. The largest absolute Gasteiger partial charge is 0.452 e. The first-order valence-corrected chi connectivity index (χ1v) is 8.98. The van der Waals surface area contributed by atoms with Crippen LogP contribution in [0.5, 0.6) is 0 Å². The molecule has 2 bridgehead atoms. The summed E-state index contributed by atoms with van der Waals surface area (Å²) in [6.45, 7) is 7.27. The molecule has 1 aromatic carbocycles. The zero-order valence-electron chi connectivity index (χ0n) is 15.0. The molecule has 3 rings (SSSR count). The molecule has 1 aromatic rings. The van der Waals surface area contributed by atoms with Crippen LogP contribution in [0.3, 0.4) is 0 Å². The molecule has 0 spiro atoms. The molecule has 2 aliphatic rings. The molecule has 136 valence electrons. The van der Waals surface area contributed by atoms with Crippen LogP contribution in [0.25, 0.3) is 0 Å². The van der Waals surface area contributed by atoms with Crippen LogP contribution in [0, 0.1) is 10.8 Å². The summed E-state index contributed by atoms with van der Waals surface area (Å²) >= 11 is 5.85. The van der Waals surface area contributed by atoms with Gasteiger partial charge in [-0.05, 0) is 48.3 Å². The number of halogens is 1. The van der Waals surface area contributed by atoms with Gasteiger partial charge in [0, 0.05) is 12.6 Å². The number of ether oxygens (including phenoxy) is 1. The van der Waals surface area contributed by atoms with Crippen molar-refractivity contribution in [3.05, 3.63) is 28.8 Å². The fourth-order valence-corrected chi connectivity index (χ4v) is 4.83. The molecule has 2 fully saturated rings. The van der Waals surface area contributed by atoms with Crippen molar-refractivity contribution in [1.29, 1.82) is 0 Å². The van der Waals surface area contributed by atoms with Gasteiger partial charge in [-0.1, -0.05) is 32.4 Å². The van der Waals surface area contributed by atoms with E-state index in [2.05, 4.69) is 20.8 Å². The zero-order valence-corrected chi connectivity index (χ0v) is 15.7. The summed E-state index contributed by atoms with van der Waals surface area (Å²) in [5.41, 5.74) is 6.71. The quantitative estimate of drug-likeness (QED) is 0.658. The number of rotatable bonds is 3. The summed E-state index contributed by atoms with van der Waals surface area (Å²) in [7, 11) is 0. The smallest absolute Gasteiger partial charge is 0.338 e. The summed E-state index contributed by atoms with van der Waals surface area (Å²) in [5.74, 6) is -0.688. The molecular formula is C19H25ClN2O3. The van der Waals surface area contributed by atoms with E-state index in [9.17, 15) is 9.59 Å². The van der Waals surface area contributed by atoms with E-state index >= 15 is 0 Å². The Hall–Kier alpha value is -1.75. The van der Waals surface area contributed by atoms with E-state index in [0.29, 0.717) is 16.3 Å². The Labute approximate surface area is 153 Å². The Bertz CT molecular complexity index is 719. The number of likely N-dealkylation sites (tertiary alicyclic amines) is 1. The van der Waals surface area contributed by atoms with E-state index in [1.807, 2.05) is 4.90 Å². The number of hydrogen-bond acceptors (Lipinski definition) is 4. The van der Waals surface area contributed by atoms with Gasteiger partial charge in [-0.3, -0.25) is 4.79 Å². The van der Waals surface area contributed by atoms with Gasteiger partial charge in [-0.2, -0.15) is 0 Å². The summed E-state index contributed by atoms with van der Waals surface area (Å²) in [6.07, 6.45) is 3.14. The third-order valence-corrected chi connectivity index (χ3v) is 5.64. The molecule has 1 amide bonds. The zero-order chi connectivity index (χ0) is 18.4. The van der Waals surface area contributed by atoms with Crippen LogP contribution in [0.4, 0.5) is 5.69 Å². The molecule has 1 aliphatic heterocycles. The van der Waals surface area contributed by atoms with E-state index in [-0.39, 0.29) is 29.4 Å². The summed E-state index contributed by atoms with van der Waals surface area (Å²) < 4.78 is 5.20. The molecule has 0 unspecified atom stereocenters. The van der Waals surface area contributed by atoms with Crippen molar-refractivity contribution in [2.45, 2.75) is 46.1 Å². The van der Waals surface area contributed by atoms with Crippen molar-refractivity contribution in [1.82, 2.24) is 4.90 Å². The molecule has 2 N–H and O–H groups in total.